The Balaban J connectivity index is 1.44. The minimum absolute atomic E-state index is 0.228. The summed E-state index contributed by atoms with van der Waals surface area (Å²) in [5, 5.41) is 0.594. The van der Waals surface area contributed by atoms with Gasteiger partial charge in [0.25, 0.3) is 11.8 Å². The second kappa shape index (κ2) is 13.9. The van der Waals surface area contributed by atoms with E-state index in [9.17, 15) is 14.4 Å². The molecule has 1 aliphatic rings. The van der Waals surface area contributed by atoms with E-state index in [0.717, 1.165) is 19.3 Å². The summed E-state index contributed by atoms with van der Waals surface area (Å²) in [5.74, 6) is -1.65. The number of benzene rings is 1. The third kappa shape index (κ3) is 7.92. The zero-order valence-corrected chi connectivity index (χ0v) is 18.5. The van der Waals surface area contributed by atoms with Gasteiger partial charge in [-0.25, -0.2) is 4.79 Å². The Bertz CT molecular complexity index is 650. The summed E-state index contributed by atoms with van der Waals surface area (Å²) in [6, 6.07) is 6.50. The van der Waals surface area contributed by atoms with Crippen molar-refractivity contribution in [2.45, 2.75) is 103 Å². The highest BCUT2D eigenvalue weighted by atomic mass is 16.7. The zero-order chi connectivity index (χ0) is 21.6. The van der Waals surface area contributed by atoms with Crippen molar-refractivity contribution < 1.29 is 19.2 Å². The summed E-state index contributed by atoms with van der Waals surface area (Å²) in [6.07, 6.45) is 17.7. The van der Waals surface area contributed by atoms with Crippen LogP contribution in [0.5, 0.6) is 0 Å². The number of nitrogens with zero attached hydrogens (tertiary/aromatic N) is 1. The molecular weight excluding hydrogens is 378 g/mol. The number of imide groups is 1. The molecule has 0 bridgehead atoms. The minimum atomic E-state index is -0.565. The lowest BCUT2D eigenvalue weighted by Crippen LogP contribution is -2.32. The molecule has 1 aliphatic heterocycles. The number of unbranched alkanes of at least 4 members (excludes halogenated alkanes) is 13. The van der Waals surface area contributed by atoms with Crippen LogP contribution in [-0.4, -0.2) is 22.8 Å². The van der Waals surface area contributed by atoms with Gasteiger partial charge in [-0.05, 0) is 18.6 Å². The Kier molecular flexibility index (Phi) is 11.2. The molecule has 0 saturated heterocycles. The fourth-order valence-electron chi connectivity index (χ4n) is 3.86. The molecule has 0 aromatic heterocycles. The maximum atomic E-state index is 12.2. The molecule has 5 heteroatoms. The third-order valence-corrected chi connectivity index (χ3v) is 5.68. The smallest absolute Gasteiger partial charge is 0.330 e. The lowest BCUT2D eigenvalue weighted by Gasteiger charge is -2.12. The van der Waals surface area contributed by atoms with Crippen molar-refractivity contribution in [3.8, 4) is 0 Å². The van der Waals surface area contributed by atoms with Crippen LogP contribution in [0.2, 0.25) is 0 Å². The summed E-state index contributed by atoms with van der Waals surface area (Å²) in [4.78, 5) is 41.4. The SMILES string of the molecule is CCCCCCCCCCCCCCCCC(=O)ON1C(=O)c2ccccc2C1=O. The normalized spacial score (nSPS) is 13.0. The number of amides is 2. The minimum Gasteiger partial charge on any atom is -0.330 e. The molecule has 2 rings (SSSR count). The second-order valence-corrected chi connectivity index (χ2v) is 8.26. The molecule has 0 saturated carbocycles. The van der Waals surface area contributed by atoms with Crippen LogP contribution in [0.1, 0.15) is 124 Å². The monoisotopic (exact) mass is 415 g/mol. The van der Waals surface area contributed by atoms with Gasteiger partial charge in [-0.1, -0.05) is 108 Å². The van der Waals surface area contributed by atoms with E-state index >= 15 is 0 Å². The Morgan fingerprint density at radius 2 is 1.10 bits per heavy atom. The number of carbonyl (C=O) groups is 3. The van der Waals surface area contributed by atoms with Gasteiger partial charge in [0.05, 0.1) is 11.1 Å². The molecule has 1 heterocycles. The molecule has 0 atom stereocenters. The maximum Gasteiger partial charge on any atom is 0.333 e. The number of hydrogen-bond donors (Lipinski definition) is 0. The predicted octanol–water partition coefficient (Wildman–Crippen LogP) is 6.61. The van der Waals surface area contributed by atoms with Gasteiger partial charge in [0.2, 0.25) is 0 Å². The number of carbonyl (C=O) groups excluding carboxylic acids is 3. The van der Waals surface area contributed by atoms with E-state index in [2.05, 4.69) is 6.92 Å². The first-order chi connectivity index (χ1) is 14.6. The summed E-state index contributed by atoms with van der Waals surface area (Å²) in [7, 11) is 0. The molecule has 0 spiro atoms. The Hall–Kier alpha value is -2.17. The fourth-order valence-corrected chi connectivity index (χ4v) is 3.86. The van der Waals surface area contributed by atoms with E-state index in [4.69, 9.17) is 4.84 Å². The van der Waals surface area contributed by atoms with Gasteiger partial charge in [-0.3, -0.25) is 9.59 Å². The van der Waals surface area contributed by atoms with Crippen molar-refractivity contribution in [3.63, 3.8) is 0 Å². The van der Waals surface area contributed by atoms with E-state index in [0.29, 0.717) is 5.06 Å². The molecule has 1 aromatic carbocycles. The van der Waals surface area contributed by atoms with Gasteiger partial charge in [-0.15, -0.1) is 0 Å². The van der Waals surface area contributed by atoms with Gasteiger partial charge in [0.1, 0.15) is 0 Å². The highest BCUT2D eigenvalue weighted by Gasteiger charge is 2.38. The summed E-state index contributed by atoms with van der Waals surface area (Å²) < 4.78 is 0. The first-order valence-corrected chi connectivity index (χ1v) is 11.8. The zero-order valence-electron chi connectivity index (χ0n) is 18.5. The summed E-state index contributed by atoms with van der Waals surface area (Å²) >= 11 is 0. The molecule has 1 aromatic rings. The van der Waals surface area contributed by atoms with Crippen LogP contribution < -0.4 is 0 Å². The van der Waals surface area contributed by atoms with E-state index in [1.165, 1.54) is 70.6 Å². The maximum absolute atomic E-state index is 12.2. The quantitative estimate of drug-likeness (QED) is 0.225. The summed E-state index contributed by atoms with van der Waals surface area (Å²) in [6.45, 7) is 2.25. The van der Waals surface area contributed by atoms with Crippen LogP contribution in [0.25, 0.3) is 0 Å². The number of hydroxylamine groups is 2. The van der Waals surface area contributed by atoms with Crippen LogP contribution in [0.3, 0.4) is 0 Å². The average molecular weight is 416 g/mol. The van der Waals surface area contributed by atoms with E-state index in [1.807, 2.05) is 0 Å². The van der Waals surface area contributed by atoms with E-state index in [-0.39, 0.29) is 17.5 Å². The highest BCUT2D eigenvalue weighted by Crippen LogP contribution is 2.23. The summed E-state index contributed by atoms with van der Waals surface area (Å²) in [5.41, 5.74) is 0.568. The van der Waals surface area contributed by atoms with Gasteiger partial charge in [0.15, 0.2) is 0 Å². The van der Waals surface area contributed by atoms with Gasteiger partial charge in [0, 0.05) is 6.42 Å². The van der Waals surface area contributed by atoms with E-state index in [1.54, 1.807) is 24.3 Å². The average Bonchev–Trinajstić information content (AvgIpc) is 2.99. The number of hydrogen-bond acceptors (Lipinski definition) is 4. The fraction of sp³-hybridized carbons (Fsp3) is 0.640. The first kappa shape index (κ1) is 24.1. The Labute approximate surface area is 181 Å². The number of rotatable bonds is 16. The van der Waals surface area contributed by atoms with Crippen molar-refractivity contribution in [3.05, 3.63) is 35.4 Å². The molecular formula is C25H37NO4. The van der Waals surface area contributed by atoms with Crippen molar-refractivity contribution in [2.24, 2.45) is 0 Å². The van der Waals surface area contributed by atoms with Crippen LogP contribution in [0.15, 0.2) is 24.3 Å². The van der Waals surface area contributed by atoms with Gasteiger partial charge < -0.3 is 4.84 Å². The predicted molar refractivity (Wildman–Crippen MR) is 118 cm³/mol. The van der Waals surface area contributed by atoms with Crippen molar-refractivity contribution in [1.29, 1.82) is 0 Å². The van der Waals surface area contributed by atoms with Crippen LogP contribution in [0.4, 0.5) is 0 Å². The standard InChI is InChI=1S/C25H37NO4/c1-2-3-4-5-6-7-8-9-10-11-12-13-14-15-20-23(27)30-26-24(28)21-18-16-17-19-22(21)25(26)29/h16-19H,2-15,20H2,1H3. The van der Waals surface area contributed by atoms with Crippen LogP contribution in [0, 0.1) is 0 Å². The third-order valence-electron chi connectivity index (χ3n) is 5.68. The van der Waals surface area contributed by atoms with Crippen LogP contribution >= 0.6 is 0 Å². The van der Waals surface area contributed by atoms with Gasteiger partial charge >= 0.3 is 5.97 Å². The van der Waals surface area contributed by atoms with Crippen molar-refractivity contribution in [2.75, 3.05) is 0 Å². The Morgan fingerprint density at radius 3 is 1.53 bits per heavy atom. The molecule has 0 N–H and O–H groups in total. The van der Waals surface area contributed by atoms with E-state index < -0.39 is 17.8 Å². The molecule has 0 aliphatic carbocycles. The van der Waals surface area contributed by atoms with Crippen molar-refractivity contribution >= 4 is 17.8 Å². The molecule has 5 nitrogen and oxygen atoms in total. The Morgan fingerprint density at radius 1 is 0.700 bits per heavy atom. The lowest BCUT2D eigenvalue weighted by molar-refractivity contribution is -0.168. The molecule has 30 heavy (non-hydrogen) atoms. The number of fused-ring (bicyclic) bond motifs is 1. The topological polar surface area (TPSA) is 63.7 Å². The molecule has 166 valence electrons. The van der Waals surface area contributed by atoms with Crippen LogP contribution in [-0.2, 0) is 9.63 Å². The molecule has 0 radical (unpaired) electrons. The molecule has 2 amide bonds. The van der Waals surface area contributed by atoms with Crippen molar-refractivity contribution in [1.82, 2.24) is 5.06 Å². The van der Waals surface area contributed by atoms with Gasteiger partial charge in [-0.2, -0.15) is 0 Å². The molecule has 0 fully saturated rings. The largest absolute Gasteiger partial charge is 0.333 e. The lowest BCUT2D eigenvalue weighted by atomic mass is 10.0. The molecule has 0 unspecified atom stereocenters. The second-order valence-electron chi connectivity index (χ2n) is 8.26. The first-order valence-electron chi connectivity index (χ1n) is 11.8. The highest BCUT2D eigenvalue weighted by molar-refractivity contribution is 6.20.